The summed E-state index contributed by atoms with van der Waals surface area (Å²) in [5, 5.41) is 10.6. The van der Waals surface area contributed by atoms with Crippen LogP contribution in [-0.4, -0.2) is 12.0 Å². The molecule has 0 radical (unpaired) electrons. The molecule has 5 nitrogen and oxygen atoms in total. The highest BCUT2D eigenvalue weighted by Crippen LogP contribution is 2.20. The molecule has 0 heterocycles. The van der Waals surface area contributed by atoms with E-state index in [9.17, 15) is 10.1 Å². The molecule has 0 spiro atoms. The Labute approximate surface area is 81.8 Å². The van der Waals surface area contributed by atoms with Gasteiger partial charge in [-0.1, -0.05) is 12.1 Å². The second-order valence-corrected chi connectivity index (χ2v) is 2.84. The lowest BCUT2D eigenvalue weighted by molar-refractivity contribution is -0.385. The fourth-order valence-corrected chi connectivity index (χ4v) is 1.21. The number of benzene rings is 1. The number of hydrogen-bond donors (Lipinski definition) is 1. The van der Waals surface area contributed by atoms with Crippen molar-refractivity contribution in [1.82, 2.24) is 5.48 Å². The van der Waals surface area contributed by atoms with Crippen molar-refractivity contribution in [1.29, 1.82) is 0 Å². The van der Waals surface area contributed by atoms with Gasteiger partial charge in [0.15, 0.2) is 0 Å². The van der Waals surface area contributed by atoms with Gasteiger partial charge >= 0.3 is 0 Å². The number of nitro groups is 1. The van der Waals surface area contributed by atoms with E-state index in [2.05, 4.69) is 10.3 Å². The zero-order valence-electron chi connectivity index (χ0n) is 8.11. The van der Waals surface area contributed by atoms with Crippen LogP contribution in [0.1, 0.15) is 11.1 Å². The molecular formula is C9H12N2O3. The predicted octanol–water partition coefficient (Wildman–Crippen LogP) is 1.55. The summed E-state index contributed by atoms with van der Waals surface area (Å²) in [7, 11) is 1.51. The monoisotopic (exact) mass is 196 g/mol. The van der Waals surface area contributed by atoms with Gasteiger partial charge in [-0.2, -0.15) is 5.48 Å². The number of nitrogens with one attached hydrogen (secondary N) is 1. The van der Waals surface area contributed by atoms with E-state index in [4.69, 9.17) is 0 Å². The van der Waals surface area contributed by atoms with Crippen molar-refractivity contribution in [3.05, 3.63) is 39.4 Å². The fourth-order valence-electron chi connectivity index (χ4n) is 1.21. The van der Waals surface area contributed by atoms with Crippen molar-refractivity contribution in [3.8, 4) is 0 Å². The lowest BCUT2D eigenvalue weighted by Crippen LogP contribution is -2.12. The molecule has 0 saturated carbocycles. The van der Waals surface area contributed by atoms with Crippen molar-refractivity contribution < 1.29 is 9.76 Å². The van der Waals surface area contributed by atoms with Crippen LogP contribution in [0.4, 0.5) is 5.69 Å². The zero-order valence-corrected chi connectivity index (χ0v) is 8.11. The third kappa shape index (κ3) is 2.27. The Morgan fingerprint density at radius 2 is 2.29 bits per heavy atom. The van der Waals surface area contributed by atoms with Crippen LogP contribution in [0.2, 0.25) is 0 Å². The molecule has 1 rings (SSSR count). The average Bonchev–Trinajstić information content (AvgIpc) is 2.16. The third-order valence-electron chi connectivity index (χ3n) is 2.02. The Kier molecular flexibility index (Phi) is 3.55. The van der Waals surface area contributed by atoms with Crippen molar-refractivity contribution in [2.45, 2.75) is 13.5 Å². The van der Waals surface area contributed by atoms with E-state index in [0.29, 0.717) is 12.1 Å². The Balaban J connectivity index is 2.95. The minimum Gasteiger partial charge on any atom is -0.305 e. The molecule has 5 heteroatoms. The Morgan fingerprint density at radius 3 is 2.86 bits per heavy atom. The van der Waals surface area contributed by atoms with E-state index in [-0.39, 0.29) is 10.6 Å². The van der Waals surface area contributed by atoms with Crippen LogP contribution in [0.3, 0.4) is 0 Å². The summed E-state index contributed by atoms with van der Waals surface area (Å²) in [6.45, 7) is 2.19. The minimum absolute atomic E-state index is 0.139. The first kappa shape index (κ1) is 10.6. The van der Waals surface area contributed by atoms with E-state index in [1.165, 1.54) is 13.2 Å². The summed E-state index contributed by atoms with van der Waals surface area (Å²) in [6.07, 6.45) is 0. The summed E-state index contributed by atoms with van der Waals surface area (Å²) < 4.78 is 0. The lowest BCUT2D eigenvalue weighted by Gasteiger charge is -2.05. The molecule has 0 atom stereocenters. The van der Waals surface area contributed by atoms with Crippen molar-refractivity contribution >= 4 is 5.69 Å². The highest BCUT2D eigenvalue weighted by Gasteiger charge is 2.12. The number of rotatable bonds is 4. The molecule has 0 aliphatic carbocycles. The maximum Gasteiger partial charge on any atom is 0.272 e. The molecule has 0 aliphatic heterocycles. The van der Waals surface area contributed by atoms with Crippen LogP contribution in [0.15, 0.2) is 18.2 Å². The molecule has 76 valence electrons. The standard InChI is InChI=1S/C9H12N2O3/c1-7-8(6-10-14-2)4-3-5-9(7)11(12)13/h3-5,10H,6H2,1-2H3. The van der Waals surface area contributed by atoms with E-state index in [0.717, 1.165) is 5.56 Å². The van der Waals surface area contributed by atoms with Crippen molar-refractivity contribution in [2.75, 3.05) is 7.11 Å². The molecule has 1 aromatic rings. The first-order chi connectivity index (χ1) is 6.66. The van der Waals surface area contributed by atoms with Crippen LogP contribution < -0.4 is 5.48 Å². The number of nitrogens with zero attached hydrogens (tertiary/aromatic N) is 1. The molecule has 0 unspecified atom stereocenters. The van der Waals surface area contributed by atoms with E-state index in [1.807, 2.05) is 6.07 Å². The molecule has 14 heavy (non-hydrogen) atoms. The highest BCUT2D eigenvalue weighted by molar-refractivity contribution is 5.44. The number of hydrogen-bond acceptors (Lipinski definition) is 4. The third-order valence-corrected chi connectivity index (χ3v) is 2.02. The minimum atomic E-state index is -0.383. The largest absolute Gasteiger partial charge is 0.305 e. The summed E-state index contributed by atoms with van der Waals surface area (Å²) in [5.74, 6) is 0. The fraction of sp³-hybridized carbons (Fsp3) is 0.333. The van der Waals surface area contributed by atoms with E-state index in [1.54, 1.807) is 13.0 Å². The second kappa shape index (κ2) is 4.69. The molecule has 1 N–H and O–H groups in total. The quantitative estimate of drug-likeness (QED) is 0.586. The SMILES string of the molecule is CONCc1cccc([N+](=O)[O-])c1C. The average molecular weight is 196 g/mol. The van der Waals surface area contributed by atoms with Crippen LogP contribution in [0, 0.1) is 17.0 Å². The van der Waals surface area contributed by atoms with Gasteiger partial charge in [-0.25, -0.2) is 0 Å². The lowest BCUT2D eigenvalue weighted by atomic mass is 10.1. The number of hydroxylamine groups is 1. The van der Waals surface area contributed by atoms with Gasteiger partial charge in [0.1, 0.15) is 0 Å². The number of nitro benzene ring substituents is 1. The van der Waals surface area contributed by atoms with Gasteiger partial charge in [0.2, 0.25) is 0 Å². The molecule has 0 saturated heterocycles. The van der Waals surface area contributed by atoms with Gasteiger partial charge in [-0.3, -0.25) is 10.1 Å². The molecule has 0 amide bonds. The smallest absolute Gasteiger partial charge is 0.272 e. The highest BCUT2D eigenvalue weighted by atomic mass is 16.6. The van der Waals surface area contributed by atoms with Gasteiger partial charge in [0, 0.05) is 18.2 Å². The van der Waals surface area contributed by atoms with Crippen LogP contribution in [-0.2, 0) is 11.4 Å². The molecule has 1 aromatic carbocycles. The van der Waals surface area contributed by atoms with E-state index >= 15 is 0 Å². The first-order valence-corrected chi connectivity index (χ1v) is 4.15. The van der Waals surface area contributed by atoms with Gasteiger partial charge in [-0.05, 0) is 12.5 Å². The Bertz CT molecular complexity index is 339. The van der Waals surface area contributed by atoms with Gasteiger partial charge < -0.3 is 4.84 Å². The maximum absolute atomic E-state index is 10.6. The van der Waals surface area contributed by atoms with Crippen LogP contribution in [0.5, 0.6) is 0 Å². The van der Waals surface area contributed by atoms with Crippen LogP contribution in [0.25, 0.3) is 0 Å². The maximum atomic E-state index is 10.6. The van der Waals surface area contributed by atoms with Crippen molar-refractivity contribution in [2.24, 2.45) is 0 Å². The Morgan fingerprint density at radius 1 is 1.57 bits per heavy atom. The summed E-state index contributed by atoms with van der Waals surface area (Å²) in [5.41, 5.74) is 4.32. The first-order valence-electron chi connectivity index (χ1n) is 4.15. The molecule has 0 bridgehead atoms. The van der Waals surface area contributed by atoms with Gasteiger partial charge in [0.25, 0.3) is 5.69 Å². The topological polar surface area (TPSA) is 64.4 Å². The van der Waals surface area contributed by atoms with Crippen LogP contribution >= 0.6 is 0 Å². The summed E-state index contributed by atoms with van der Waals surface area (Å²) in [4.78, 5) is 14.9. The van der Waals surface area contributed by atoms with Gasteiger partial charge in [0.05, 0.1) is 12.0 Å². The summed E-state index contributed by atoms with van der Waals surface area (Å²) in [6, 6.07) is 4.98. The predicted molar refractivity (Wildman–Crippen MR) is 51.7 cm³/mol. The van der Waals surface area contributed by atoms with Crippen molar-refractivity contribution in [3.63, 3.8) is 0 Å². The van der Waals surface area contributed by atoms with Gasteiger partial charge in [-0.15, -0.1) is 0 Å². The second-order valence-electron chi connectivity index (χ2n) is 2.84. The molecule has 0 aromatic heterocycles. The molecule has 0 fully saturated rings. The molecular weight excluding hydrogens is 184 g/mol. The van der Waals surface area contributed by atoms with E-state index < -0.39 is 0 Å². The Hall–Kier alpha value is -1.46. The normalized spacial score (nSPS) is 10.1. The zero-order chi connectivity index (χ0) is 10.6. The summed E-state index contributed by atoms with van der Waals surface area (Å²) >= 11 is 0. The molecule has 0 aliphatic rings.